The Morgan fingerprint density at radius 2 is 1.86 bits per heavy atom. The fraction of sp³-hybridized carbons (Fsp3) is 0.806. The van der Waals surface area contributed by atoms with Gasteiger partial charge >= 0.3 is 0 Å². The summed E-state index contributed by atoms with van der Waals surface area (Å²) in [5.74, 6) is 1.85. The summed E-state index contributed by atoms with van der Waals surface area (Å²) in [7, 11) is 4.28. The van der Waals surface area contributed by atoms with E-state index in [1.54, 1.807) is 12.0 Å². The summed E-state index contributed by atoms with van der Waals surface area (Å²) in [5.41, 5.74) is 2.68. The Morgan fingerprint density at radius 3 is 2.50 bits per heavy atom. The highest BCUT2D eigenvalue weighted by Gasteiger charge is 2.57. The van der Waals surface area contributed by atoms with Gasteiger partial charge in [-0.05, 0) is 86.9 Å². The minimum absolute atomic E-state index is 0.0960. The smallest absolute Gasteiger partial charge is 0.240 e. The number of hydrogen-bond acceptors (Lipinski definition) is 7. The summed E-state index contributed by atoms with van der Waals surface area (Å²) < 4.78 is 0. The maximum Gasteiger partial charge on any atom is 0.240 e. The molecule has 1 aromatic carbocycles. The van der Waals surface area contributed by atoms with Crippen LogP contribution in [0.5, 0.6) is 0 Å². The molecule has 248 valence electrons. The lowest BCUT2D eigenvalue weighted by molar-refractivity contribution is -0.183. The zero-order valence-corrected chi connectivity index (χ0v) is 28.3. The normalized spacial score (nSPS) is 33.0. The lowest BCUT2D eigenvalue weighted by Crippen LogP contribution is -2.62. The first-order valence-electron chi connectivity index (χ1n) is 17.5. The molecule has 1 unspecified atom stereocenters. The first-order chi connectivity index (χ1) is 21.0. The van der Waals surface area contributed by atoms with Gasteiger partial charge in [0.15, 0.2) is 0 Å². The SMILES string of the molecule is C[C@H](O)[C@@H]1[C@H](CO)ON(Cc2cccc(CN(CCN(C)C)CC3CCCCC3)c2)[C@@H]1C(=O)NC1C[C@H]2C[C@@H]([C@@H]1C)C2(C)C. The van der Waals surface area contributed by atoms with E-state index < -0.39 is 24.2 Å². The largest absolute Gasteiger partial charge is 0.394 e. The number of rotatable bonds is 13. The van der Waals surface area contributed by atoms with Crippen molar-refractivity contribution in [1.82, 2.24) is 20.2 Å². The number of hydroxylamine groups is 2. The van der Waals surface area contributed by atoms with Gasteiger partial charge in [-0.25, -0.2) is 0 Å². The van der Waals surface area contributed by atoms with E-state index in [0.29, 0.717) is 29.7 Å². The van der Waals surface area contributed by atoms with E-state index in [4.69, 9.17) is 4.84 Å². The second-order valence-corrected chi connectivity index (χ2v) is 15.6. The number of amides is 1. The van der Waals surface area contributed by atoms with Crippen molar-refractivity contribution in [2.45, 2.75) is 110 Å². The van der Waals surface area contributed by atoms with Crippen LogP contribution in [0.3, 0.4) is 0 Å². The number of nitrogens with zero attached hydrogens (tertiary/aromatic N) is 3. The summed E-state index contributed by atoms with van der Waals surface area (Å²) in [6, 6.07) is 8.10. The predicted molar refractivity (Wildman–Crippen MR) is 174 cm³/mol. The van der Waals surface area contributed by atoms with Crippen LogP contribution in [-0.4, -0.2) is 95.6 Å². The van der Waals surface area contributed by atoms with Crippen molar-refractivity contribution in [3.8, 4) is 0 Å². The van der Waals surface area contributed by atoms with Gasteiger partial charge in [0.05, 0.1) is 19.3 Å². The first kappa shape index (κ1) is 33.8. The van der Waals surface area contributed by atoms with E-state index in [-0.39, 0.29) is 18.6 Å². The van der Waals surface area contributed by atoms with E-state index in [1.165, 1.54) is 44.1 Å². The van der Waals surface area contributed by atoms with Crippen LogP contribution >= 0.6 is 0 Å². The molecule has 44 heavy (non-hydrogen) atoms. The molecule has 2 bridgehead atoms. The Morgan fingerprint density at radius 1 is 1.14 bits per heavy atom. The van der Waals surface area contributed by atoms with Crippen molar-refractivity contribution in [2.75, 3.05) is 40.3 Å². The second-order valence-electron chi connectivity index (χ2n) is 15.6. The van der Waals surface area contributed by atoms with Gasteiger partial charge in [-0.3, -0.25) is 14.5 Å². The summed E-state index contributed by atoms with van der Waals surface area (Å²) in [5, 5.41) is 26.1. The lowest BCUT2D eigenvalue weighted by Gasteiger charge is -2.62. The van der Waals surface area contributed by atoms with Crippen LogP contribution in [0.1, 0.15) is 83.8 Å². The number of carbonyl (C=O) groups is 1. The van der Waals surface area contributed by atoms with Gasteiger partial charge in [0.25, 0.3) is 0 Å². The van der Waals surface area contributed by atoms with Gasteiger partial charge in [-0.15, -0.1) is 0 Å². The van der Waals surface area contributed by atoms with Crippen molar-refractivity contribution in [2.24, 2.45) is 35.0 Å². The molecule has 1 saturated heterocycles. The van der Waals surface area contributed by atoms with Crippen LogP contribution in [0.15, 0.2) is 24.3 Å². The highest BCUT2D eigenvalue weighted by Crippen LogP contribution is 2.61. The Bertz CT molecular complexity index is 1090. The molecule has 4 aliphatic carbocycles. The number of carbonyl (C=O) groups excluding carboxylic acids is 1. The number of nitrogens with one attached hydrogen (secondary N) is 1. The molecule has 5 aliphatic rings. The monoisotopic (exact) mass is 612 g/mol. The summed E-state index contributed by atoms with van der Waals surface area (Å²) in [6.07, 6.45) is 7.60. The molecule has 4 saturated carbocycles. The molecule has 8 nitrogen and oxygen atoms in total. The summed E-state index contributed by atoms with van der Waals surface area (Å²) >= 11 is 0. The molecule has 0 radical (unpaired) electrons. The van der Waals surface area contributed by atoms with E-state index in [0.717, 1.165) is 44.1 Å². The summed E-state index contributed by atoms with van der Waals surface area (Å²) in [4.78, 5) is 25.1. The molecule has 3 N–H and O–H groups in total. The van der Waals surface area contributed by atoms with Crippen LogP contribution < -0.4 is 5.32 Å². The molecule has 6 rings (SSSR count). The zero-order valence-electron chi connectivity index (χ0n) is 28.3. The predicted octanol–water partition coefficient (Wildman–Crippen LogP) is 4.29. The minimum atomic E-state index is -0.791. The van der Waals surface area contributed by atoms with Gasteiger partial charge < -0.3 is 20.4 Å². The highest BCUT2D eigenvalue weighted by atomic mass is 16.7. The van der Waals surface area contributed by atoms with E-state index >= 15 is 0 Å². The fourth-order valence-electron chi connectivity index (χ4n) is 9.06. The molecule has 1 aliphatic heterocycles. The number of aliphatic hydroxyl groups is 2. The van der Waals surface area contributed by atoms with Crippen molar-refractivity contribution < 1.29 is 19.8 Å². The number of fused-ring (bicyclic) bond motifs is 2. The van der Waals surface area contributed by atoms with Crippen molar-refractivity contribution in [3.63, 3.8) is 0 Å². The van der Waals surface area contributed by atoms with E-state index in [1.807, 2.05) is 0 Å². The number of benzene rings is 1. The Balaban J connectivity index is 1.29. The van der Waals surface area contributed by atoms with E-state index in [9.17, 15) is 15.0 Å². The highest BCUT2D eigenvalue weighted by molar-refractivity contribution is 5.82. The first-order valence-corrected chi connectivity index (χ1v) is 17.5. The van der Waals surface area contributed by atoms with Crippen molar-refractivity contribution in [3.05, 3.63) is 35.4 Å². The fourth-order valence-corrected chi connectivity index (χ4v) is 9.06. The number of hydrogen-bond donors (Lipinski definition) is 3. The van der Waals surface area contributed by atoms with Crippen LogP contribution in [0.2, 0.25) is 0 Å². The Labute approximate surface area is 266 Å². The van der Waals surface area contributed by atoms with Gasteiger partial charge in [-0.1, -0.05) is 64.3 Å². The number of likely N-dealkylation sites (N-methyl/N-ethyl adjacent to an activating group) is 1. The molecular weight excluding hydrogens is 552 g/mol. The molecule has 0 aromatic heterocycles. The lowest BCUT2D eigenvalue weighted by atomic mass is 9.45. The van der Waals surface area contributed by atoms with Crippen molar-refractivity contribution in [1.29, 1.82) is 0 Å². The topological polar surface area (TPSA) is 88.5 Å². The quantitative estimate of drug-likeness (QED) is 0.306. The molecule has 8 atom stereocenters. The molecule has 1 aromatic rings. The molecule has 8 heteroatoms. The Hall–Kier alpha value is -1.55. The van der Waals surface area contributed by atoms with Gasteiger partial charge in [0, 0.05) is 38.1 Å². The third-order valence-electron chi connectivity index (χ3n) is 11.9. The third-order valence-corrected chi connectivity index (χ3v) is 11.9. The van der Waals surface area contributed by atoms with Gasteiger partial charge in [0.1, 0.15) is 12.1 Å². The van der Waals surface area contributed by atoms with Crippen LogP contribution in [-0.2, 0) is 22.7 Å². The molecular formula is C36H60N4O4. The van der Waals surface area contributed by atoms with Gasteiger partial charge in [-0.2, -0.15) is 5.06 Å². The van der Waals surface area contributed by atoms with E-state index in [2.05, 4.69) is 74.2 Å². The maximum absolute atomic E-state index is 14.0. The van der Waals surface area contributed by atoms with Gasteiger partial charge in [0.2, 0.25) is 5.91 Å². The summed E-state index contributed by atoms with van der Waals surface area (Å²) in [6.45, 7) is 13.0. The average Bonchev–Trinajstić information content (AvgIpc) is 3.36. The average molecular weight is 613 g/mol. The Kier molecular flexibility index (Phi) is 11.1. The minimum Gasteiger partial charge on any atom is -0.394 e. The van der Waals surface area contributed by atoms with Crippen LogP contribution in [0, 0.1) is 35.0 Å². The van der Waals surface area contributed by atoms with Crippen LogP contribution in [0.4, 0.5) is 0 Å². The van der Waals surface area contributed by atoms with Crippen molar-refractivity contribution >= 4 is 5.91 Å². The second kappa shape index (κ2) is 14.5. The molecule has 1 amide bonds. The molecule has 1 heterocycles. The van der Waals surface area contributed by atoms with Crippen LogP contribution in [0.25, 0.3) is 0 Å². The molecule has 5 fully saturated rings. The third kappa shape index (κ3) is 7.53. The maximum atomic E-state index is 14.0. The number of aliphatic hydroxyl groups excluding tert-OH is 2. The molecule has 0 spiro atoms. The standard InChI is InChI=1S/C36H60N4O4/c1-24-30-18-29(36(30,3)4)19-31(24)37-35(43)34-33(25(2)42)32(23-41)44-40(34)22-28-14-10-13-27(17-28)21-39(16-15-38(5)6)20-26-11-8-7-9-12-26/h10,13-14,17,24-26,29-34,41-42H,7-9,11-12,15-16,18-23H2,1-6H3,(H,37,43)/t24-,25-,29+,30-,31?,32-,33+,34-/m0/s1. The zero-order chi connectivity index (χ0) is 31.6.